The van der Waals surface area contributed by atoms with Crippen molar-refractivity contribution >= 4 is 21.6 Å². The zero-order valence-electron chi connectivity index (χ0n) is 15.4. The number of carbonyl (C=O) groups is 1. The molecule has 0 unspecified atom stereocenters. The maximum Gasteiger partial charge on any atom is 0.225 e. The first kappa shape index (κ1) is 20.6. The molecule has 1 aromatic carbocycles. The van der Waals surface area contributed by atoms with Gasteiger partial charge in [-0.3, -0.25) is 4.79 Å². The van der Waals surface area contributed by atoms with Crippen LogP contribution in [0, 0.1) is 0 Å². The standard InChI is InChI=1S/C18H30N2O3S/c1-6-7-13-20(24(5,22)23)14-12-17(21)19-16-11-9-8-10-15(16)18(2,3)4/h8-11H,6-7,12-14H2,1-5H3,(H,19,21). The summed E-state index contributed by atoms with van der Waals surface area (Å²) in [4.78, 5) is 12.3. The number of nitrogens with zero attached hydrogens (tertiary/aromatic N) is 1. The first-order valence-corrected chi connectivity index (χ1v) is 10.2. The molecular formula is C18H30N2O3S. The molecule has 0 atom stereocenters. The van der Waals surface area contributed by atoms with Gasteiger partial charge in [0, 0.05) is 25.2 Å². The molecule has 0 spiro atoms. The molecule has 1 amide bonds. The highest BCUT2D eigenvalue weighted by Gasteiger charge is 2.20. The molecular weight excluding hydrogens is 324 g/mol. The highest BCUT2D eigenvalue weighted by atomic mass is 32.2. The van der Waals surface area contributed by atoms with Gasteiger partial charge in [-0.05, 0) is 23.5 Å². The number of unbranched alkanes of at least 4 members (excludes halogenated alkanes) is 1. The molecule has 1 aromatic rings. The van der Waals surface area contributed by atoms with Crippen molar-refractivity contribution in [2.24, 2.45) is 0 Å². The largest absolute Gasteiger partial charge is 0.326 e. The fraction of sp³-hybridized carbons (Fsp3) is 0.611. The lowest BCUT2D eigenvalue weighted by Crippen LogP contribution is -2.34. The Kier molecular flexibility index (Phi) is 7.42. The number of rotatable bonds is 8. The van der Waals surface area contributed by atoms with E-state index in [-0.39, 0.29) is 24.3 Å². The Labute approximate surface area is 146 Å². The normalized spacial score (nSPS) is 12.4. The van der Waals surface area contributed by atoms with Gasteiger partial charge in [0.15, 0.2) is 0 Å². The average molecular weight is 355 g/mol. The first-order valence-electron chi connectivity index (χ1n) is 8.40. The van der Waals surface area contributed by atoms with Gasteiger partial charge in [-0.25, -0.2) is 12.7 Å². The number of nitrogens with one attached hydrogen (secondary N) is 1. The zero-order chi connectivity index (χ0) is 18.4. The Morgan fingerprint density at radius 3 is 2.33 bits per heavy atom. The van der Waals surface area contributed by atoms with Crippen LogP contribution in [0.25, 0.3) is 0 Å². The van der Waals surface area contributed by atoms with Gasteiger partial charge in [-0.15, -0.1) is 0 Å². The van der Waals surface area contributed by atoms with Crippen molar-refractivity contribution < 1.29 is 13.2 Å². The second-order valence-electron chi connectivity index (χ2n) is 7.11. The van der Waals surface area contributed by atoms with E-state index in [1.165, 1.54) is 10.6 Å². The molecule has 24 heavy (non-hydrogen) atoms. The molecule has 0 heterocycles. The second kappa shape index (κ2) is 8.62. The highest BCUT2D eigenvalue weighted by molar-refractivity contribution is 7.88. The number of hydrogen-bond acceptors (Lipinski definition) is 3. The van der Waals surface area contributed by atoms with Crippen molar-refractivity contribution in [1.82, 2.24) is 4.31 Å². The molecule has 5 nitrogen and oxygen atoms in total. The third kappa shape index (κ3) is 6.61. The van der Waals surface area contributed by atoms with Gasteiger partial charge in [-0.1, -0.05) is 52.3 Å². The maximum absolute atomic E-state index is 12.3. The molecule has 0 aliphatic rings. The fourth-order valence-electron chi connectivity index (χ4n) is 2.46. The summed E-state index contributed by atoms with van der Waals surface area (Å²) < 4.78 is 25.0. The van der Waals surface area contributed by atoms with Gasteiger partial charge in [0.05, 0.1) is 6.26 Å². The average Bonchev–Trinajstić information content (AvgIpc) is 2.45. The van der Waals surface area contributed by atoms with Gasteiger partial charge < -0.3 is 5.32 Å². The Morgan fingerprint density at radius 1 is 1.17 bits per heavy atom. The van der Waals surface area contributed by atoms with Gasteiger partial charge in [0.1, 0.15) is 0 Å². The summed E-state index contributed by atoms with van der Waals surface area (Å²) >= 11 is 0. The van der Waals surface area contributed by atoms with Crippen LogP contribution in [0.2, 0.25) is 0 Å². The van der Waals surface area contributed by atoms with Gasteiger partial charge in [0.2, 0.25) is 15.9 Å². The molecule has 0 aliphatic heterocycles. The van der Waals surface area contributed by atoms with Crippen molar-refractivity contribution in [3.63, 3.8) is 0 Å². The van der Waals surface area contributed by atoms with Crippen molar-refractivity contribution in [3.8, 4) is 0 Å². The lowest BCUT2D eigenvalue weighted by atomic mass is 9.86. The number of para-hydroxylation sites is 1. The number of benzene rings is 1. The molecule has 0 aromatic heterocycles. The lowest BCUT2D eigenvalue weighted by molar-refractivity contribution is -0.116. The molecule has 0 bridgehead atoms. The van der Waals surface area contributed by atoms with Crippen molar-refractivity contribution in [2.75, 3.05) is 24.7 Å². The highest BCUT2D eigenvalue weighted by Crippen LogP contribution is 2.29. The number of hydrogen-bond donors (Lipinski definition) is 1. The minimum atomic E-state index is -3.28. The smallest absolute Gasteiger partial charge is 0.225 e. The molecule has 1 N–H and O–H groups in total. The fourth-order valence-corrected chi connectivity index (χ4v) is 3.35. The van der Waals surface area contributed by atoms with Gasteiger partial charge >= 0.3 is 0 Å². The molecule has 0 radical (unpaired) electrons. The number of carbonyl (C=O) groups excluding carboxylic acids is 1. The summed E-state index contributed by atoms with van der Waals surface area (Å²) in [6.45, 7) is 8.95. The van der Waals surface area contributed by atoms with Crippen LogP contribution in [0.1, 0.15) is 52.5 Å². The molecule has 1 rings (SSSR count). The summed E-state index contributed by atoms with van der Waals surface area (Å²) in [5.41, 5.74) is 1.77. The quantitative estimate of drug-likeness (QED) is 0.778. The van der Waals surface area contributed by atoms with Crippen LogP contribution < -0.4 is 5.32 Å². The van der Waals surface area contributed by atoms with E-state index in [1.807, 2.05) is 31.2 Å². The third-order valence-corrected chi connectivity index (χ3v) is 5.13. The predicted molar refractivity (Wildman–Crippen MR) is 99.7 cm³/mol. The Balaban J connectivity index is 2.73. The molecule has 0 saturated carbocycles. The van der Waals surface area contributed by atoms with Crippen molar-refractivity contribution in [3.05, 3.63) is 29.8 Å². The first-order chi connectivity index (χ1) is 11.1. The summed E-state index contributed by atoms with van der Waals surface area (Å²) in [5, 5.41) is 2.92. The third-order valence-electron chi connectivity index (χ3n) is 3.83. The van der Waals surface area contributed by atoms with Gasteiger partial charge in [0.25, 0.3) is 0 Å². The van der Waals surface area contributed by atoms with E-state index in [1.54, 1.807) is 0 Å². The molecule has 0 aliphatic carbocycles. The minimum absolute atomic E-state index is 0.0796. The zero-order valence-corrected chi connectivity index (χ0v) is 16.2. The molecule has 136 valence electrons. The van der Waals surface area contributed by atoms with Gasteiger partial charge in [-0.2, -0.15) is 0 Å². The topological polar surface area (TPSA) is 66.5 Å². The van der Waals surface area contributed by atoms with E-state index in [4.69, 9.17) is 0 Å². The Morgan fingerprint density at radius 2 is 1.79 bits per heavy atom. The van der Waals surface area contributed by atoms with E-state index in [9.17, 15) is 13.2 Å². The van der Waals surface area contributed by atoms with E-state index in [0.29, 0.717) is 6.54 Å². The minimum Gasteiger partial charge on any atom is -0.326 e. The molecule has 0 saturated heterocycles. The van der Waals surface area contributed by atoms with E-state index in [2.05, 4.69) is 26.1 Å². The number of sulfonamides is 1. The van der Waals surface area contributed by atoms with Crippen LogP contribution in [-0.2, 0) is 20.2 Å². The summed E-state index contributed by atoms with van der Waals surface area (Å²) in [6.07, 6.45) is 3.05. The monoisotopic (exact) mass is 354 g/mol. The number of amides is 1. The van der Waals surface area contributed by atoms with Crippen molar-refractivity contribution in [1.29, 1.82) is 0 Å². The number of anilines is 1. The summed E-state index contributed by atoms with van der Waals surface area (Å²) in [7, 11) is -3.28. The summed E-state index contributed by atoms with van der Waals surface area (Å²) in [6, 6.07) is 7.71. The lowest BCUT2D eigenvalue weighted by Gasteiger charge is -2.23. The SMILES string of the molecule is CCCCN(CCC(=O)Nc1ccccc1C(C)(C)C)S(C)(=O)=O. The Bertz CT molecular complexity index is 648. The van der Waals surface area contributed by atoms with E-state index < -0.39 is 10.0 Å². The van der Waals surface area contributed by atoms with Crippen LogP contribution in [0.3, 0.4) is 0 Å². The predicted octanol–water partition coefficient (Wildman–Crippen LogP) is 3.37. The van der Waals surface area contributed by atoms with Crippen LogP contribution in [0.5, 0.6) is 0 Å². The van der Waals surface area contributed by atoms with E-state index >= 15 is 0 Å². The van der Waals surface area contributed by atoms with Crippen LogP contribution >= 0.6 is 0 Å². The summed E-state index contributed by atoms with van der Waals surface area (Å²) in [5.74, 6) is -0.170. The Hall–Kier alpha value is -1.40. The van der Waals surface area contributed by atoms with E-state index in [0.717, 1.165) is 24.1 Å². The van der Waals surface area contributed by atoms with Crippen LogP contribution in [0.4, 0.5) is 5.69 Å². The molecule has 0 fully saturated rings. The maximum atomic E-state index is 12.3. The van der Waals surface area contributed by atoms with Crippen LogP contribution in [0.15, 0.2) is 24.3 Å². The van der Waals surface area contributed by atoms with Crippen molar-refractivity contribution in [2.45, 2.75) is 52.4 Å². The van der Waals surface area contributed by atoms with Crippen LogP contribution in [-0.4, -0.2) is 38.0 Å². The second-order valence-corrected chi connectivity index (χ2v) is 9.09. The molecule has 6 heteroatoms.